The zero-order valence-electron chi connectivity index (χ0n) is 15.8. The van der Waals surface area contributed by atoms with Gasteiger partial charge in [-0.15, -0.1) is 0 Å². The number of fused-ring (bicyclic) bond motifs is 1. The SMILES string of the molecule is CC(C)(C)OC(=O)NCCc1nc2ccc(F)cc2n1Cc1ccccc1. The van der Waals surface area contributed by atoms with Gasteiger partial charge in [-0.2, -0.15) is 0 Å². The maximum Gasteiger partial charge on any atom is 0.407 e. The molecule has 1 heterocycles. The fraction of sp³-hybridized carbons (Fsp3) is 0.333. The molecule has 142 valence electrons. The highest BCUT2D eigenvalue weighted by Crippen LogP contribution is 2.20. The molecule has 0 saturated carbocycles. The Kier molecular flexibility index (Phi) is 5.44. The smallest absolute Gasteiger partial charge is 0.407 e. The Morgan fingerprint density at radius 2 is 1.93 bits per heavy atom. The van der Waals surface area contributed by atoms with E-state index < -0.39 is 11.7 Å². The molecule has 0 fully saturated rings. The molecule has 1 amide bonds. The van der Waals surface area contributed by atoms with E-state index in [9.17, 15) is 9.18 Å². The second-order valence-electron chi connectivity index (χ2n) is 7.41. The Morgan fingerprint density at radius 1 is 1.19 bits per heavy atom. The predicted molar refractivity (Wildman–Crippen MR) is 103 cm³/mol. The van der Waals surface area contributed by atoms with E-state index >= 15 is 0 Å². The topological polar surface area (TPSA) is 56.1 Å². The molecule has 0 saturated heterocycles. The quantitative estimate of drug-likeness (QED) is 0.730. The molecule has 0 bridgehead atoms. The maximum absolute atomic E-state index is 13.8. The first kappa shape index (κ1) is 18.9. The molecule has 0 aliphatic heterocycles. The molecule has 1 N–H and O–H groups in total. The summed E-state index contributed by atoms with van der Waals surface area (Å²) in [7, 11) is 0. The van der Waals surface area contributed by atoms with Gasteiger partial charge >= 0.3 is 6.09 Å². The zero-order chi connectivity index (χ0) is 19.4. The minimum atomic E-state index is -0.540. The molecule has 0 aliphatic carbocycles. The molecule has 2 aromatic carbocycles. The van der Waals surface area contributed by atoms with Gasteiger partial charge in [0.15, 0.2) is 0 Å². The van der Waals surface area contributed by atoms with Crippen LogP contribution in [0.15, 0.2) is 48.5 Å². The number of hydrogen-bond acceptors (Lipinski definition) is 3. The number of benzene rings is 2. The van der Waals surface area contributed by atoms with Gasteiger partial charge in [-0.05, 0) is 44.5 Å². The number of hydrogen-bond donors (Lipinski definition) is 1. The van der Waals surface area contributed by atoms with Gasteiger partial charge < -0.3 is 14.6 Å². The third kappa shape index (κ3) is 5.06. The number of carbonyl (C=O) groups excluding carboxylic acids is 1. The molecule has 0 spiro atoms. The van der Waals surface area contributed by atoms with Crippen LogP contribution in [0.4, 0.5) is 9.18 Å². The number of ether oxygens (including phenoxy) is 1. The highest BCUT2D eigenvalue weighted by atomic mass is 19.1. The molecular weight excluding hydrogens is 345 g/mol. The summed E-state index contributed by atoms with van der Waals surface area (Å²) in [5.41, 5.74) is 2.04. The molecule has 6 heteroatoms. The van der Waals surface area contributed by atoms with Gasteiger partial charge in [-0.1, -0.05) is 30.3 Å². The first-order valence-corrected chi connectivity index (χ1v) is 8.97. The van der Waals surface area contributed by atoms with Crippen molar-refractivity contribution in [2.75, 3.05) is 6.54 Å². The van der Waals surface area contributed by atoms with E-state index in [-0.39, 0.29) is 5.82 Å². The standard InChI is InChI=1S/C21H24FN3O2/c1-21(2,3)27-20(26)23-12-11-19-24-17-10-9-16(22)13-18(17)25(19)14-15-7-5-4-6-8-15/h4-10,13H,11-12,14H2,1-3H3,(H,23,26). The summed E-state index contributed by atoms with van der Waals surface area (Å²) >= 11 is 0. The Morgan fingerprint density at radius 3 is 2.63 bits per heavy atom. The van der Waals surface area contributed by atoms with Crippen LogP contribution >= 0.6 is 0 Å². The zero-order valence-corrected chi connectivity index (χ0v) is 15.8. The summed E-state index contributed by atoms with van der Waals surface area (Å²) in [5.74, 6) is 0.491. The summed E-state index contributed by atoms with van der Waals surface area (Å²) in [5, 5.41) is 2.75. The number of halogens is 1. The van der Waals surface area contributed by atoms with Gasteiger partial charge in [0.1, 0.15) is 17.2 Å². The van der Waals surface area contributed by atoms with Gasteiger partial charge in [0.2, 0.25) is 0 Å². The minimum absolute atomic E-state index is 0.296. The van der Waals surface area contributed by atoms with Crippen LogP contribution in [-0.2, 0) is 17.7 Å². The largest absolute Gasteiger partial charge is 0.444 e. The average molecular weight is 369 g/mol. The van der Waals surface area contributed by atoms with Crippen LogP contribution in [-0.4, -0.2) is 27.8 Å². The number of nitrogens with zero attached hydrogens (tertiary/aromatic N) is 2. The van der Waals surface area contributed by atoms with Gasteiger partial charge in [-0.3, -0.25) is 0 Å². The van der Waals surface area contributed by atoms with E-state index in [2.05, 4.69) is 10.3 Å². The van der Waals surface area contributed by atoms with Crippen LogP contribution in [0.25, 0.3) is 11.0 Å². The fourth-order valence-corrected chi connectivity index (χ4v) is 2.87. The van der Waals surface area contributed by atoms with Crippen molar-refractivity contribution in [3.05, 3.63) is 65.7 Å². The number of alkyl carbamates (subject to hydrolysis) is 1. The Bertz CT molecular complexity index is 930. The third-order valence-corrected chi connectivity index (χ3v) is 3.99. The molecule has 0 unspecified atom stereocenters. The number of rotatable bonds is 5. The van der Waals surface area contributed by atoms with Gasteiger partial charge in [0.25, 0.3) is 0 Å². The Labute approximate surface area is 158 Å². The van der Waals surface area contributed by atoms with Crippen molar-refractivity contribution < 1.29 is 13.9 Å². The van der Waals surface area contributed by atoms with Crippen molar-refractivity contribution in [2.45, 2.75) is 39.3 Å². The first-order chi connectivity index (χ1) is 12.8. The normalized spacial score (nSPS) is 11.6. The number of aromatic nitrogens is 2. The molecule has 27 heavy (non-hydrogen) atoms. The van der Waals surface area contributed by atoms with Crippen LogP contribution in [0, 0.1) is 5.82 Å². The van der Waals surface area contributed by atoms with E-state index in [1.54, 1.807) is 6.07 Å². The number of imidazole rings is 1. The molecule has 0 atom stereocenters. The van der Waals surface area contributed by atoms with Gasteiger partial charge in [0, 0.05) is 19.5 Å². The lowest BCUT2D eigenvalue weighted by Crippen LogP contribution is -2.33. The second kappa shape index (κ2) is 7.78. The van der Waals surface area contributed by atoms with Gasteiger partial charge in [0.05, 0.1) is 11.0 Å². The number of carbonyl (C=O) groups is 1. The lowest BCUT2D eigenvalue weighted by atomic mass is 10.2. The van der Waals surface area contributed by atoms with Crippen molar-refractivity contribution in [1.82, 2.24) is 14.9 Å². The van der Waals surface area contributed by atoms with Crippen molar-refractivity contribution >= 4 is 17.1 Å². The number of amides is 1. The van der Waals surface area contributed by atoms with Crippen molar-refractivity contribution in [2.24, 2.45) is 0 Å². The van der Waals surface area contributed by atoms with Crippen molar-refractivity contribution in [1.29, 1.82) is 0 Å². The third-order valence-electron chi connectivity index (χ3n) is 3.99. The molecular formula is C21H24FN3O2. The van der Waals surface area contributed by atoms with Crippen molar-refractivity contribution in [3.8, 4) is 0 Å². The van der Waals surface area contributed by atoms with E-state index in [0.717, 1.165) is 22.4 Å². The molecule has 3 rings (SSSR count). The van der Waals surface area contributed by atoms with Crippen LogP contribution < -0.4 is 5.32 Å². The summed E-state index contributed by atoms with van der Waals surface area (Å²) in [6, 6.07) is 14.5. The molecule has 0 radical (unpaired) electrons. The van der Waals surface area contributed by atoms with Gasteiger partial charge in [-0.25, -0.2) is 14.2 Å². The first-order valence-electron chi connectivity index (χ1n) is 8.97. The summed E-state index contributed by atoms with van der Waals surface area (Å²) in [6.07, 6.45) is 0.0572. The average Bonchev–Trinajstić information content (AvgIpc) is 2.91. The summed E-state index contributed by atoms with van der Waals surface area (Å²) < 4.78 is 21.0. The second-order valence-corrected chi connectivity index (χ2v) is 7.41. The molecule has 0 aliphatic rings. The molecule has 3 aromatic rings. The monoisotopic (exact) mass is 369 g/mol. The highest BCUT2D eigenvalue weighted by molar-refractivity contribution is 5.76. The van der Waals surface area contributed by atoms with E-state index in [0.29, 0.717) is 19.5 Å². The Hall–Kier alpha value is -2.89. The van der Waals surface area contributed by atoms with Crippen LogP contribution in [0.2, 0.25) is 0 Å². The van der Waals surface area contributed by atoms with Crippen LogP contribution in [0.5, 0.6) is 0 Å². The predicted octanol–water partition coefficient (Wildman–Crippen LogP) is 4.29. The molecule has 5 nitrogen and oxygen atoms in total. The lowest BCUT2D eigenvalue weighted by molar-refractivity contribution is 0.0528. The Balaban J connectivity index is 1.79. The van der Waals surface area contributed by atoms with E-state index in [1.165, 1.54) is 12.1 Å². The fourth-order valence-electron chi connectivity index (χ4n) is 2.87. The highest BCUT2D eigenvalue weighted by Gasteiger charge is 2.16. The maximum atomic E-state index is 13.8. The van der Waals surface area contributed by atoms with E-state index in [4.69, 9.17) is 4.74 Å². The summed E-state index contributed by atoms with van der Waals surface area (Å²) in [6.45, 7) is 6.43. The minimum Gasteiger partial charge on any atom is -0.444 e. The lowest BCUT2D eigenvalue weighted by Gasteiger charge is -2.19. The van der Waals surface area contributed by atoms with Crippen molar-refractivity contribution in [3.63, 3.8) is 0 Å². The summed E-state index contributed by atoms with van der Waals surface area (Å²) in [4.78, 5) is 16.5. The van der Waals surface area contributed by atoms with Crippen LogP contribution in [0.3, 0.4) is 0 Å². The number of nitrogens with one attached hydrogen (secondary N) is 1. The van der Waals surface area contributed by atoms with Crippen LogP contribution in [0.1, 0.15) is 32.2 Å². The molecule has 1 aromatic heterocycles. The van der Waals surface area contributed by atoms with E-state index in [1.807, 2.05) is 55.7 Å².